The van der Waals surface area contributed by atoms with Gasteiger partial charge in [0, 0.05) is 37.0 Å². The molecule has 1 saturated carbocycles. The Morgan fingerprint density at radius 2 is 1.76 bits per heavy atom. The Morgan fingerprint density at radius 3 is 2.50 bits per heavy atom. The van der Waals surface area contributed by atoms with E-state index in [2.05, 4.69) is 10.6 Å². The van der Waals surface area contributed by atoms with Crippen LogP contribution in [0.3, 0.4) is 0 Å². The van der Waals surface area contributed by atoms with Gasteiger partial charge in [-0.15, -0.1) is 0 Å². The fourth-order valence-corrected chi connectivity index (χ4v) is 4.98. The molecule has 2 N–H and O–H groups in total. The molecule has 0 saturated heterocycles. The normalized spacial score (nSPS) is 18.1. The van der Waals surface area contributed by atoms with E-state index < -0.39 is 5.76 Å². The van der Waals surface area contributed by atoms with Crippen molar-refractivity contribution in [3.8, 4) is 0 Å². The number of halogens is 2. The van der Waals surface area contributed by atoms with Gasteiger partial charge in [-0.25, -0.2) is 4.98 Å². The average molecular weight is 486 g/mol. The quantitative estimate of drug-likeness (QED) is 0.416. The number of benzene rings is 2. The Hall–Kier alpha value is -2.94. The average Bonchev–Trinajstić information content (AvgIpc) is 2.83. The Balaban J connectivity index is 1.31. The van der Waals surface area contributed by atoms with Crippen molar-refractivity contribution in [3.63, 3.8) is 0 Å². The van der Waals surface area contributed by atoms with Crippen LogP contribution in [0.1, 0.15) is 36.0 Å². The maximum absolute atomic E-state index is 12.8. The van der Waals surface area contributed by atoms with E-state index in [0.29, 0.717) is 40.6 Å². The second kappa shape index (κ2) is 11.0. The third-order valence-corrected chi connectivity index (χ3v) is 6.87. The summed E-state index contributed by atoms with van der Waals surface area (Å²) in [6.07, 6.45) is 3.82. The second-order valence-corrected chi connectivity index (χ2v) is 9.76. The second-order valence-electron chi connectivity index (χ2n) is 8.73. The molecule has 1 aliphatic rings. The van der Waals surface area contributed by atoms with E-state index in [4.69, 9.17) is 9.97 Å². The fourth-order valence-electron chi connectivity index (χ4n) is 4.34. The molecule has 1 fully saturated rings. The van der Waals surface area contributed by atoms with Crippen molar-refractivity contribution in [2.24, 2.45) is 5.92 Å². The number of hydrogen-bond donors (Lipinski definition) is 2. The lowest BCUT2D eigenvalue weighted by atomic mass is 9.86. The van der Waals surface area contributed by atoms with Crippen LogP contribution < -0.4 is 15.5 Å². The number of amides is 1. The van der Waals surface area contributed by atoms with Gasteiger partial charge in [-0.2, -0.15) is 13.8 Å². The molecule has 2 aromatic carbocycles. The van der Waals surface area contributed by atoms with E-state index in [1.54, 1.807) is 24.3 Å². The number of fused-ring (bicyclic) bond motifs is 1. The minimum absolute atomic E-state index is 0.270. The van der Waals surface area contributed by atoms with Crippen LogP contribution in [0.4, 0.5) is 20.5 Å². The monoisotopic (exact) mass is 485 g/mol. The number of alkyl halides is 2. The number of rotatable bonds is 8. The van der Waals surface area contributed by atoms with E-state index in [9.17, 15) is 13.6 Å². The lowest BCUT2D eigenvalue weighted by molar-refractivity contribution is 0.0940. The molecule has 1 heterocycles. The number of nitrogens with zero attached hydrogens (tertiary/aromatic N) is 3. The van der Waals surface area contributed by atoms with Crippen LogP contribution in [0.25, 0.3) is 10.9 Å². The molecule has 0 atom stereocenters. The largest absolute Gasteiger partial charge is 0.362 e. The lowest BCUT2D eigenvalue weighted by Crippen LogP contribution is -2.34. The highest BCUT2D eigenvalue weighted by molar-refractivity contribution is 7.99. The highest BCUT2D eigenvalue weighted by atomic mass is 32.2. The fraction of sp³-hybridized carbons (Fsp3) is 0.400. The van der Waals surface area contributed by atoms with Gasteiger partial charge in [-0.05, 0) is 55.9 Å². The Labute approximate surface area is 202 Å². The zero-order valence-electron chi connectivity index (χ0n) is 19.3. The summed E-state index contributed by atoms with van der Waals surface area (Å²) in [4.78, 5) is 24.3. The molecule has 0 aliphatic heterocycles. The molecular formula is C25H29F2N5OS. The van der Waals surface area contributed by atoms with Crippen LogP contribution >= 0.6 is 11.8 Å². The molecule has 1 aliphatic carbocycles. The summed E-state index contributed by atoms with van der Waals surface area (Å²) in [6.45, 7) is 0.538. The molecule has 3 aromatic rings. The number of nitrogens with one attached hydrogen (secondary N) is 2. The first-order valence-corrected chi connectivity index (χ1v) is 12.3. The van der Waals surface area contributed by atoms with Gasteiger partial charge in [-0.3, -0.25) is 4.79 Å². The SMILES string of the molecule is CN(C)c1nc(N[C@H]2CC[C@@H](CNC(=O)c3ccccc3SC(F)F)CC2)nc2ccccc12. The zero-order chi connectivity index (χ0) is 24.1. The third-order valence-electron chi connectivity index (χ3n) is 6.09. The standard InChI is InChI=1S/C25H29F2N5OS/c1-32(2)22-18-7-3-5-9-20(18)30-25(31-22)29-17-13-11-16(12-14-17)15-28-23(33)19-8-4-6-10-21(19)34-24(26)27/h3-10,16-17,24H,11-15H2,1-2H3,(H,28,33)(H,29,30,31)/t16-,17+. The van der Waals surface area contributed by atoms with E-state index in [1.807, 2.05) is 43.3 Å². The van der Waals surface area contributed by atoms with Gasteiger partial charge < -0.3 is 15.5 Å². The number of carbonyl (C=O) groups is 1. The topological polar surface area (TPSA) is 70.2 Å². The number of carbonyl (C=O) groups excluding carboxylic acids is 1. The van der Waals surface area contributed by atoms with Gasteiger partial charge in [-0.1, -0.05) is 36.0 Å². The van der Waals surface area contributed by atoms with Crippen LogP contribution in [0.15, 0.2) is 53.4 Å². The van der Waals surface area contributed by atoms with Crippen molar-refractivity contribution < 1.29 is 13.6 Å². The maximum atomic E-state index is 12.8. The van der Waals surface area contributed by atoms with Gasteiger partial charge in [0.25, 0.3) is 11.7 Å². The summed E-state index contributed by atoms with van der Waals surface area (Å²) in [5, 5.41) is 7.45. The van der Waals surface area contributed by atoms with Crippen molar-refractivity contribution in [1.29, 1.82) is 0 Å². The summed E-state index contributed by atoms with van der Waals surface area (Å²) < 4.78 is 25.6. The molecule has 9 heteroatoms. The summed E-state index contributed by atoms with van der Waals surface area (Å²) >= 11 is 0.402. The molecule has 34 heavy (non-hydrogen) atoms. The molecule has 0 spiro atoms. The maximum Gasteiger partial charge on any atom is 0.288 e. The van der Waals surface area contributed by atoms with Crippen LogP contribution in [0.2, 0.25) is 0 Å². The van der Waals surface area contributed by atoms with Gasteiger partial charge in [0.15, 0.2) is 0 Å². The first kappa shape index (κ1) is 24.2. The number of para-hydroxylation sites is 1. The van der Waals surface area contributed by atoms with Gasteiger partial charge >= 0.3 is 0 Å². The predicted molar refractivity (Wildman–Crippen MR) is 134 cm³/mol. The van der Waals surface area contributed by atoms with Crippen LogP contribution in [0.5, 0.6) is 0 Å². The van der Waals surface area contributed by atoms with Gasteiger partial charge in [0.05, 0.1) is 11.1 Å². The summed E-state index contributed by atoms with van der Waals surface area (Å²) in [6, 6.07) is 14.8. The molecule has 0 bridgehead atoms. The number of hydrogen-bond acceptors (Lipinski definition) is 6. The molecule has 0 unspecified atom stereocenters. The highest BCUT2D eigenvalue weighted by Crippen LogP contribution is 2.30. The molecule has 4 rings (SSSR count). The first-order chi connectivity index (χ1) is 16.4. The van der Waals surface area contributed by atoms with E-state index in [0.717, 1.165) is 42.4 Å². The van der Waals surface area contributed by atoms with Crippen LogP contribution in [0, 0.1) is 5.92 Å². The molecule has 0 radical (unpaired) electrons. The van der Waals surface area contributed by atoms with Gasteiger partial charge in [0.2, 0.25) is 5.95 Å². The van der Waals surface area contributed by atoms with E-state index in [1.165, 1.54) is 0 Å². The third kappa shape index (κ3) is 5.94. The van der Waals surface area contributed by atoms with E-state index in [-0.39, 0.29) is 11.9 Å². The Morgan fingerprint density at radius 1 is 1.06 bits per heavy atom. The minimum atomic E-state index is -2.56. The number of aromatic nitrogens is 2. The van der Waals surface area contributed by atoms with Crippen LogP contribution in [-0.2, 0) is 0 Å². The number of anilines is 2. The number of thioether (sulfide) groups is 1. The summed E-state index contributed by atoms with van der Waals surface area (Å²) in [5.74, 6) is -0.990. The minimum Gasteiger partial charge on any atom is -0.362 e. The van der Waals surface area contributed by atoms with Crippen molar-refractivity contribution >= 4 is 40.3 Å². The zero-order valence-corrected chi connectivity index (χ0v) is 20.1. The first-order valence-electron chi connectivity index (χ1n) is 11.4. The lowest BCUT2D eigenvalue weighted by Gasteiger charge is -2.29. The van der Waals surface area contributed by atoms with Crippen molar-refractivity contribution in [2.45, 2.75) is 42.4 Å². The van der Waals surface area contributed by atoms with E-state index >= 15 is 0 Å². The van der Waals surface area contributed by atoms with Crippen molar-refractivity contribution in [3.05, 3.63) is 54.1 Å². The molecule has 180 valence electrons. The Bertz CT molecular complexity index is 1140. The molecular weight excluding hydrogens is 456 g/mol. The molecule has 1 aromatic heterocycles. The van der Waals surface area contributed by atoms with Gasteiger partial charge in [0.1, 0.15) is 5.82 Å². The molecule has 6 nitrogen and oxygen atoms in total. The molecule has 1 amide bonds. The summed E-state index contributed by atoms with van der Waals surface area (Å²) in [5.41, 5.74) is 1.21. The van der Waals surface area contributed by atoms with Crippen LogP contribution in [-0.4, -0.2) is 48.3 Å². The van der Waals surface area contributed by atoms with Crippen molar-refractivity contribution in [1.82, 2.24) is 15.3 Å². The highest BCUT2D eigenvalue weighted by Gasteiger charge is 2.23. The summed E-state index contributed by atoms with van der Waals surface area (Å²) in [7, 11) is 3.95. The Kier molecular flexibility index (Phi) is 7.82. The smallest absolute Gasteiger partial charge is 0.288 e. The van der Waals surface area contributed by atoms with Crippen molar-refractivity contribution in [2.75, 3.05) is 30.9 Å². The predicted octanol–water partition coefficient (Wildman–Crippen LogP) is 5.41.